The monoisotopic (exact) mass is 448 g/mol. The van der Waals surface area contributed by atoms with Gasteiger partial charge in [0.2, 0.25) is 5.91 Å². The van der Waals surface area contributed by atoms with Crippen LogP contribution in [-0.4, -0.2) is 39.4 Å². The van der Waals surface area contributed by atoms with Crippen molar-refractivity contribution in [3.8, 4) is 10.7 Å². The molecule has 2 amide bonds. The molecule has 1 N–H and O–H groups in total. The first kappa shape index (κ1) is 22.4. The van der Waals surface area contributed by atoms with Gasteiger partial charge in [0.15, 0.2) is 0 Å². The summed E-state index contributed by atoms with van der Waals surface area (Å²) in [6.07, 6.45) is -3.22. The lowest BCUT2D eigenvalue weighted by atomic mass is 10.1. The van der Waals surface area contributed by atoms with Crippen LogP contribution in [0.15, 0.2) is 54.0 Å². The number of benzene rings is 1. The van der Waals surface area contributed by atoms with Crippen molar-refractivity contribution in [2.24, 2.45) is 0 Å². The topological polar surface area (TPSA) is 75.2 Å². The molecule has 0 aliphatic carbocycles. The van der Waals surface area contributed by atoms with Gasteiger partial charge in [0.1, 0.15) is 5.01 Å². The van der Waals surface area contributed by atoms with Crippen LogP contribution in [0.25, 0.3) is 10.7 Å². The maximum atomic E-state index is 12.7. The number of nitrogens with zero attached hydrogens (tertiary/aromatic N) is 3. The number of pyridine rings is 1. The Balaban J connectivity index is 1.62. The van der Waals surface area contributed by atoms with Gasteiger partial charge in [-0.1, -0.05) is 18.2 Å². The molecule has 3 rings (SSSR count). The van der Waals surface area contributed by atoms with Gasteiger partial charge in [-0.05, 0) is 36.8 Å². The summed E-state index contributed by atoms with van der Waals surface area (Å²) < 4.78 is 38.1. The highest BCUT2D eigenvalue weighted by molar-refractivity contribution is 7.13. The van der Waals surface area contributed by atoms with Crippen LogP contribution < -0.4 is 5.32 Å². The molecule has 6 nitrogen and oxygen atoms in total. The standard InChI is InChI=1S/C21H19F3N4O2S/c1-2-28(20(30)21(22,23)24)12-14-6-5-7-15(10-14)26-18(29)11-16-13-31-19(27-16)17-8-3-4-9-25-17/h3-10,13H,2,11-12H2,1H3,(H,26,29). The number of carbonyl (C=O) groups excluding carboxylic acids is 2. The van der Waals surface area contributed by atoms with Crippen LogP contribution in [0.1, 0.15) is 18.2 Å². The fourth-order valence-electron chi connectivity index (χ4n) is 2.84. The van der Waals surface area contributed by atoms with E-state index in [0.717, 1.165) is 5.69 Å². The quantitative estimate of drug-likeness (QED) is 0.585. The van der Waals surface area contributed by atoms with E-state index in [1.807, 2.05) is 12.1 Å². The number of amides is 2. The van der Waals surface area contributed by atoms with E-state index in [-0.39, 0.29) is 25.4 Å². The molecule has 0 aliphatic heterocycles. The van der Waals surface area contributed by atoms with Crippen molar-refractivity contribution in [3.63, 3.8) is 0 Å². The third kappa shape index (κ3) is 6.11. The molecule has 10 heteroatoms. The third-order valence-electron chi connectivity index (χ3n) is 4.27. The zero-order valence-corrected chi connectivity index (χ0v) is 17.3. The minimum Gasteiger partial charge on any atom is -0.331 e. The zero-order valence-electron chi connectivity index (χ0n) is 16.5. The maximum absolute atomic E-state index is 12.7. The predicted molar refractivity (Wildman–Crippen MR) is 111 cm³/mol. The van der Waals surface area contributed by atoms with E-state index in [2.05, 4.69) is 15.3 Å². The Kier molecular flexibility index (Phi) is 7.01. The molecule has 0 saturated heterocycles. The van der Waals surface area contributed by atoms with Crippen molar-refractivity contribution in [1.82, 2.24) is 14.9 Å². The van der Waals surface area contributed by atoms with Crippen molar-refractivity contribution in [1.29, 1.82) is 0 Å². The average Bonchev–Trinajstić information content (AvgIpc) is 3.20. The van der Waals surface area contributed by atoms with E-state index in [9.17, 15) is 22.8 Å². The number of thiazole rings is 1. The smallest absolute Gasteiger partial charge is 0.331 e. The van der Waals surface area contributed by atoms with Gasteiger partial charge in [0, 0.05) is 30.4 Å². The van der Waals surface area contributed by atoms with Crippen molar-refractivity contribution in [2.75, 3.05) is 11.9 Å². The Morgan fingerprint density at radius 2 is 1.97 bits per heavy atom. The molecule has 0 spiro atoms. The van der Waals surface area contributed by atoms with E-state index < -0.39 is 12.1 Å². The van der Waals surface area contributed by atoms with Gasteiger partial charge >= 0.3 is 12.1 Å². The number of anilines is 1. The molecule has 0 unspecified atom stereocenters. The first-order valence-corrected chi connectivity index (χ1v) is 10.2. The number of aromatic nitrogens is 2. The summed E-state index contributed by atoms with van der Waals surface area (Å²) in [7, 11) is 0. The summed E-state index contributed by atoms with van der Waals surface area (Å²) in [6.45, 7) is 1.18. The largest absolute Gasteiger partial charge is 0.471 e. The molecule has 3 aromatic rings. The summed E-state index contributed by atoms with van der Waals surface area (Å²) >= 11 is 1.38. The second-order valence-corrected chi connectivity index (χ2v) is 7.46. The van der Waals surface area contributed by atoms with E-state index >= 15 is 0 Å². The fourth-order valence-corrected chi connectivity index (χ4v) is 3.63. The summed E-state index contributed by atoms with van der Waals surface area (Å²) in [4.78, 5) is 33.2. The lowest BCUT2D eigenvalue weighted by Crippen LogP contribution is -2.40. The van der Waals surface area contributed by atoms with Crippen molar-refractivity contribution < 1.29 is 22.8 Å². The van der Waals surface area contributed by atoms with Crippen LogP contribution in [0.4, 0.5) is 18.9 Å². The van der Waals surface area contributed by atoms with Crippen LogP contribution in [-0.2, 0) is 22.6 Å². The van der Waals surface area contributed by atoms with Crippen LogP contribution in [0, 0.1) is 0 Å². The van der Waals surface area contributed by atoms with Gasteiger partial charge < -0.3 is 10.2 Å². The second kappa shape index (κ2) is 9.69. The first-order valence-electron chi connectivity index (χ1n) is 9.37. The van der Waals surface area contributed by atoms with E-state index in [1.165, 1.54) is 18.3 Å². The number of hydrogen-bond donors (Lipinski definition) is 1. The fraction of sp³-hybridized carbons (Fsp3) is 0.238. The van der Waals surface area contributed by atoms with Gasteiger partial charge in [-0.15, -0.1) is 11.3 Å². The Hall–Kier alpha value is -3.27. The summed E-state index contributed by atoms with van der Waals surface area (Å²) in [5.41, 5.74) is 2.22. The molecule has 0 radical (unpaired) electrons. The highest BCUT2D eigenvalue weighted by atomic mass is 32.1. The van der Waals surface area contributed by atoms with Gasteiger partial charge in [-0.25, -0.2) is 4.98 Å². The number of halogens is 3. The van der Waals surface area contributed by atoms with Gasteiger partial charge in [0.05, 0.1) is 17.8 Å². The Bertz CT molecular complexity index is 1050. The Morgan fingerprint density at radius 3 is 2.65 bits per heavy atom. The van der Waals surface area contributed by atoms with Crippen LogP contribution in [0.3, 0.4) is 0 Å². The normalized spacial score (nSPS) is 11.2. The molecule has 0 atom stereocenters. The van der Waals surface area contributed by atoms with E-state index in [4.69, 9.17) is 0 Å². The molecule has 0 fully saturated rings. The lowest BCUT2D eigenvalue weighted by molar-refractivity contribution is -0.185. The Morgan fingerprint density at radius 1 is 1.16 bits per heavy atom. The SMILES string of the molecule is CCN(Cc1cccc(NC(=O)Cc2csc(-c3ccccn3)n2)c1)C(=O)C(F)(F)F. The van der Waals surface area contributed by atoms with E-state index in [0.29, 0.717) is 26.9 Å². The molecule has 0 bridgehead atoms. The van der Waals surface area contributed by atoms with Crippen LogP contribution >= 0.6 is 11.3 Å². The van der Waals surface area contributed by atoms with Gasteiger partial charge in [-0.2, -0.15) is 13.2 Å². The highest BCUT2D eigenvalue weighted by Gasteiger charge is 2.41. The molecule has 1 aromatic carbocycles. The number of nitrogens with one attached hydrogen (secondary N) is 1. The second-order valence-electron chi connectivity index (χ2n) is 6.60. The van der Waals surface area contributed by atoms with Crippen LogP contribution in [0.2, 0.25) is 0 Å². The summed E-state index contributed by atoms with van der Waals surface area (Å²) in [6, 6.07) is 11.9. The summed E-state index contributed by atoms with van der Waals surface area (Å²) in [5, 5.41) is 5.20. The number of alkyl halides is 3. The minimum absolute atomic E-state index is 0.0429. The van der Waals surface area contributed by atoms with Crippen molar-refractivity contribution in [3.05, 3.63) is 65.3 Å². The van der Waals surface area contributed by atoms with Crippen molar-refractivity contribution in [2.45, 2.75) is 26.1 Å². The average molecular weight is 448 g/mol. The first-order chi connectivity index (χ1) is 14.8. The number of carbonyl (C=O) groups is 2. The third-order valence-corrected chi connectivity index (χ3v) is 5.19. The molecule has 31 heavy (non-hydrogen) atoms. The zero-order chi connectivity index (χ0) is 22.4. The van der Waals surface area contributed by atoms with Gasteiger partial charge in [0.25, 0.3) is 0 Å². The molecule has 162 valence electrons. The molecule has 0 saturated carbocycles. The predicted octanol–water partition coefficient (Wildman–Crippen LogP) is 4.30. The molecule has 2 heterocycles. The minimum atomic E-state index is -4.93. The number of rotatable bonds is 7. The van der Waals surface area contributed by atoms with E-state index in [1.54, 1.807) is 41.9 Å². The molecular weight excluding hydrogens is 429 g/mol. The lowest BCUT2D eigenvalue weighted by Gasteiger charge is -2.22. The van der Waals surface area contributed by atoms with Gasteiger partial charge in [-0.3, -0.25) is 14.6 Å². The molecule has 2 aromatic heterocycles. The number of hydrogen-bond acceptors (Lipinski definition) is 5. The maximum Gasteiger partial charge on any atom is 0.471 e. The van der Waals surface area contributed by atoms with Crippen LogP contribution in [0.5, 0.6) is 0 Å². The molecule has 0 aliphatic rings. The highest BCUT2D eigenvalue weighted by Crippen LogP contribution is 2.23. The Labute approximate surface area is 180 Å². The summed E-state index contributed by atoms with van der Waals surface area (Å²) in [5.74, 6) is -2.20. The van der Waals surface area contributed by atoms with Crippen molar-refractivity contribution >= 4 is 28.8 Å². The molecular formula is C21H19F3N4O2S.